The quantitative estimate of drug-likeness (QED) is 0.796. The average Bonchev–Trinajstić information content (AvgIpc) is 2.69. The summed E-state index contributed by atoms with van der Waals surface area (Å²) in [6, 6.07) is 11.7. The summed E-state index contributed by atoms with van der Waals surface area (Å²) in [5, 5.41) is 2.96. The lowest BCUT2D eigenvalue weighted by atomic mass is 10.0. The minimum absolute atomic E-state index is 0.0408. The van der Waals surface area contributed by atoms with Gasteiger partial charge in [-0.15, -0.1) is 0 Å². The van der Waals surface area contributed by atoms with E-state index in [4.69, 9.17) is 16.3 Å². The Bertz CT molecular complexity index is 953. The Balaban J connectivity index is 1.83. The molecule has 1 N–H and O–H groups in total. The Hall–Kier alpha value is -1.93. The number of morpholine rings is 1. The van der Waals surface area contributed by atoms with Crippen molar-refractivity contribution in [2.75, 3.05) is 31.6 Å². The number of halogens is 1. The summed E-state index contributed by atoms with van der Waals surface area (Å²) in [4.78, 5) is 12.7. The molecule has 28 heavy (non-hydrogen) atoms. The zero-order chi connectivity index (χ0) is 20.3. The van der Waals surface area contributed by atoms with Crippen LogP contribution in [0.3, 0.4) is 0 Å². The topological polar surface area (TPSA) is 75.7 Å². The van der Waals surface area contributed by atoms with Crippen LogP contribution in [0, 0.1) is 0 Å². The summed E-state index contributed by atoms with van der Waals surface area (Å²) in [6.45, 7) is 5.46. The van der Waals surface area contributed by atoms with E-state index in [0.29, 0.717) is 24.8 Å². The van der Waals surface area contributed by atoms with Crippen LogP contribution in [-0.4, -0.2) is 44.9 Å². The lowest BCUT2D eigenvalue weighted by Crippen LogP contribution is -2.40. The molecule has 2 aromatic carbocycles. The zero-order valence-corrected chi connectivity index (χ0v) is 17.4. The molecule has 1 aliphatic rings. The maximum absolute atomic E-state index is 12.8. The predicted molar refractivity (Wildman–Crippen MR) is 110 cm³/mol. The van der Waals surface area contributed by atoms with E-state index >= 15 is 0 Å². The highest BCUT2D eigenvalue weighted by Gasteiger charge is 2.27. The van der Waals surface area contributed by atoms with E-state index in [9.17, 15) is 13.2 Å². The predicted octanol–water partition coefficient (Wildman–Crippen LogP) is 3.74. The van der Waals surface area contributed by atoms with Gasteiger partial charge in [-0.1, -0.05) is 37.6 Å². The van der Waals surface area contributed by atoms with Crippen LogP contribution in [0.2, 0.25) is 5.02 Å². The molecule has 1 saturated heterocycles. The van der Waals surface area contributed by atoms with E-state index in [1.807, 2.05) is 24.3 Å². The molecule has 2 aromatic rings. The number of amides is 1. The first-order valence-corrected chi connectivity index (χ1v) is 10.9. The van der Waals surface area contributed by atoms with Gasteiger partial charge in [0.25, 0.3) is 5.91 Å². The number of anilines is 1. The van der Waals surface area contributed by atoms with Crippen LogP contribution in [-0.2, 0) is 14.8 Å². The third-order valence-electron chi connectivity index (χ3n) is 4.63. The molecule has 6 nitrogen and oxygen atoms in total. The van der Waals surface area contributed by atoms with Crippen LogP contribution < -0.4 is 5.32 Å². The van der Waals surface area contributed by atoms with Gasteiger partial charge >= 0.3 is 0 Å². The molecule has 1 heterocycles. The minimum atomic E-state index is -3.71. The second-order valence-electron chi connectivity index (χ2n) is 6.89. The Kier molecular flexibility index (Phi) is 6.40. The second-order valence-corrected chi connectivity index (χ2v) is 9.23. The van der Waals surface area contributed by atoms with E-state index in [2.05, 4.69) is 19.2 Å². The monoisotopic (exact) mass is 422 g/mol. The van der Waals surface area contributed by atoms with Crippen molar-refractivity contribution in [3.63, 3.8) is 0 Å². The fourth-order valence-corrected chi connectivity index (χ4v) is 4.56. The van der Waals surface area contributed by atoms with Crippen molar-refractivity contribution in [1.82, 2.24) is 4.31 Å². The molecule has 3 rings (SSSR count). The summed E-state index contributed by atoms with van der Waals surface area (Å²) in [5.41, 5.74) is 1.89. The van der Waals surface area contributed by atoms with E-state index in [1.54, 1.807) is 0 Å². The standard InChI is InChI=1S/C20H23ClN2O4S/c1-14(2)15-3-5-16(6-4-15)22-20(24)18-13-17(7-8-19(18)21)28(25,26)23-9-11-27-12-10-23/h3-8,13-14H,9-12H2,1-2H3,(H,22,24). The highest BCUT2D eigenvalue weighted by Crippen LogP contribution is 2.25. The van der Waals surface area contributed by atoms with Gasteiger partial charge in [0.15, 0.2) is 0 Å². The molecule has 0 unspecified atom stereocenters. The van der Waals surface area contributed by atoms with Crippen LogP contribution >= 0.6 is 11.6 Å². The fourth-order valence-electron chi connectivity index (χ4n) is 2.92. The molecule has 0 spiro atoms. The zero-order valence-electron chi connectivity index (χ0n) is 15.8. The van der Waals surface area contributed by atoms with Crippen molar-refractivity contribution in [2.45, 2.75) is 24.7 Å². The molecule has 0 saturated carbocycles. The number of hydrogen-bond acceptors (Lipinski definition) is 4. The number of nitrogens with one attached hydrogen (secondary N) is 1. The van der Waals surface area contributed by atoms with Crippen molar-refractivity contribution in [1.29, 1.82) is 0 Å². The Labute approximate surface area is 170 Å². The summed E-state index contributed by atoms with van der Waals surface area (Å²) >= 11 is 6.17. The van der Waals surface area contributed by atoms with Gasteiger partial charge in [0.05, 0.1) is 28.7 Å². The summed E-state index contributed by atoms with van der Waals surface area (Å²) in [7, 11) is -3.71. The van der Waals surface area contributed by atoms with E-state index in [-0.39, 0.29) is 28.6 Å². The molecule has 1 amide bonds. The molecule has 0 radical (unpaired) electrons. The number of carbonyl (C=O) groups is 1. The van der Waals surface area contributed by atoms with Gasteiger partial charge in [-0.05, 0) is 41.8 Å². The molecule has 150 valence electrons. The molecule has 8 heteroatoms. The lowest BCUT2D eigenvalue weighted by Gasteiger charge is -2.26. The van der Waals surface area contributed by atoms with Gasteiger partial charge < -0.3 is 10.1 Å². The van der Waals surface area contributed by atoms with Crippen LogP contribution in [0.15, 0.2) is 47.4 Å². The van der Waals surface area contributed by atoms with Crippen LogP contribution in [0.4, 0.5) is 5.69 Å². The van der Waals surface area contributed by atoms with Crippen molar-refractivity contribution in [3.8, 4) is 0 Å². The van der Waals surface area contributed by atoms with Crippen LogP contribution in [0.1, 0.15) is 35.7 Å². The first kappa shape index (κ1) is 20.8. The largest absolute Gasteiger partial charge is 0.379 e. The number of benzene rings is 2. The van der Waals surface area contributed by atoms with Gasteiger partial charge in [0.1, 0.15) is 0 Å². The average molecular weight is 423 g/mol. The SMILES string of the molecule is CC(C)c1ccc(NC(=O)c2cc(S(=O)(=O)N3CCOCC3)ccc2Cl)cc1. The molecule has 1 fully saturated rings. The maximum Gasteiger partial charge on any atom is 0.257 e. The molecule has 0 bridgehead atoms. The number of ether oxygens (including phenoxy) is 1. The normalized spacial score (nSPS) is 15.6. The molecule has 0 aromatic heterocycles. The Morgan fingerprint density at radius 2 is 1.75 bits per heavy atom. The van der Waals surface area contributed by atoms with Crippen LogP contribution in [0.25, 0.3) is 0 Å². The fraction of sp³-hybridized carbons (Fsp3) is 0.350. The third-order valence-corrected chi connectivity index (χ3v) is 6.85. The molecular formula is C20H23ClN2O4S. The Morgan fingerprint density at radius 1 is 1.11 bits per heavy atom. The van der Waals surface area contributed by atoms with E-state index < -0.39 is 15.9 Å². The summed E-state index contributed by atoms with van der Waals surface area (Å²) in [5.74, 6) is -0.0670. The highest BCUT2D eigenvalue weighted by atomic mass is 35.5. The summed E-state index contributed by atoms with van der Waals surface area (Å²) < 4.78 is 32.2. The van der Waals surface area contributed by atoms with E-state index in [1.165, 1.54) is 22.5 Å². The van der Waals surface area contributed by atoms with Gasteiger partial charge in [-0.3, -0.25) is 4.79 Å². The minimum Gasteiger partial charge on any atom is -0.379 e. The smallest absolute Gasteiger partial charge is 0.257 e. The summed E-state index contributed by atoms with van der Waals surface area (Å²) in [6.07, 6.45) is 0. The molecule has 0 atom stereocenters. The number of carbonyl (C=O) groups excluding carboxylic acids is 1. The first-order chi connectivity index (χ1) is 13.3. The highest BCUT2D eigenvalue weighted by molar-refractivity contribution is 7.89. The Morgan fingerprint density at radius 3 is 2.36 bits per heavy atom. The first-order valence-electron chi connectivity index (χ1n) is 9.08. The van der Waals surface area contributed by atoms with Gasteiger partial charge in [0.2, 0.25) is 10.0 Å². The molecule has 0 aliphatic carbocycles. The number of hydrogen-bond donors (Lipinski definition) is 1. The number of sulfonamides is 1. The lowest BCUT2D eigenvalue weighted by molar-refractivity contribution is 0.0730. The van der Waals surface area contributed by atoms with Gasteiger partial charge in [-0.2, -0.15) is 4.31 Å². The van der Waals surface area contributed by atoms with E-state index in [0.717, 1.165) is 5.56 Å². The van der Waals surface area contributed by atoms with Crippen molar-refractivity contribution < 1.29 is 17.9 Å². The van der Waals surface area contributed by atoms with Crippen LogP contribution in [0.5, 0.6) is 0 Å². The number of rotatable bonds is 5. The second kappa shape index (κ2) is 8.61. The third kappa shape index (κ3) is 4.55. The van der Waals surface area contributed by atoms with Gasteiger partial charge in [0, 0.05) is 18.8 Å². The van der Waals surface area contributed by atoms with Crippen molar-refractivity contribution >= 4 is 33.2 Å². The molecular weight excluding hydrogens is 400 g/mol. The van der Waals surface area contributed by atoms with Crippen molar-refractivity contribution in [3.05, 3.63) is 58.6 Å². The van der Waals surface area contributed by atoms with Gasteiger partial charge in [-0.25, -0.2) is 8.42 Å². The number of nitrogens with zero attached hydrogens (tertiary/aromatic N) is 1. The molecule has 1 aliphatic heterocycles. The van der Waals surface area contributed by atoms with Crippen molar-refractivity contribution in [2.24, 2.45) is 0 Å². The maximum atomic E-state index is 12.8.